The fourth-order valence-corrected chi connectivity index (χ4v) is 4.60. The van der Waals surface area contributed by atoms with Gasteiger partial charge in [-0.1, -0.05) is 30.3 Å². The molecule has 8 nitrogen and oxygen atoms in total. The summed E-state index contributed by atoms with van der Waals surface area (Å²) in [7, 11) is 6.51. The molecule has 0 amide bonds. The van der Waals surface area contributed by atoms with Gasteiger partial charge in [0.25, 0.3) is 0 Å². The minimum Gasteiger partial charge on any atom is -0.388 e. The zero-order valence-corrected chi connectivity index (χ0v) is 17.7. The third-order valence-electron chi connectivity index (χ3n) is 5.69. The molecule has 2 fully saturated rings. The highest BCUT2D eigenvalue weighted by molar-refractivity contribution is 14.1. The zero-order valence-electron chi connectivity index (χ0n) is 15.6. The number of rotatable bonds is 5. The first-order valence-corrected chi connectivity index (χ1v) is 10.3. The molecule has 1 heterocycles. The lowest BCUT2D eigenvalue weighted by Crippen LogP contribution is -2.65. The molecule has 154 valence electrons. The predicted molar refractivity (Wildman–Crippen MR) is 114 cm³/mol. The molecule has 2 aliphatic rings. The Morgan fingerprint density at radius 1 is 1.14 bits per heavy atom. The summed E-state index contributed by atoms with van der Waals surface area (Å²) in [6, 6.07) is 7.64. The van der Waals surface area contributed by atoms with Crippen LogP contribution in [0.25, 0.3) is 0 Å². The number of hydrogen-bond donors (Lipinski definition) is 5. The Hall–Kier alpha value is -0.305. The Morgan fingerprint density at radius 3 is 2.43 bits per heavy atom. The summed E-state index contributed by atoms with van der Waals surface area (Å²) in [5.74, 6) is 0. The van der Waals surface area contributed by atoms with Gasteiger partial charge in [0.1, 0.15) is 49.2 Å². The predicted octanol–water partition coefficient (Wildman–Crippen LogP) is -0.445. The quantitative estimate of drug-likeness (QED) is 0.269. The monoisotopic (exact) mass is 502 g/mol. The largest absolute Gasteiger partial charge is 0.388 e. The lowest BCUT2D eigenvalue weighted by molar-refractivity contribution is -0.264. The number of nitrogens with two attached hydrogens (primary N) is 4. The minimum atomic E-state index is -1.15. The fraction of sp³-hybridized carbons (Fsp3) is 0.667. The van der Waals surface area contributed by atoms with Gasteiger partial charge in [0.05, 0.1) is 12.1 Å². The number of aliphatic hydroxyl groups excluding tert-OH is 1. The molecule has 3 unspecified atom stereocenters. The first-order valence-electron chi connectivity index (χ1n) is 9.41. The van der Waals surface area contributed by atoms with Crippen LogP contribution < -0.4 is 22.9 Å². The van der Waals surface area contributed by atoms with Crippen molar-refractivity contribution in [3.63, 3.8) is 0 Å². The molecule has 1 saturated heterocycles. The van der Waals surface area contributed by atoms with E-state index in [1.807, 2.05) is 30.3 Å². The van der Waals surface area contributed by atoms with Gasteiger partial charge < -0.3 is 40.6 Å². The molecule has 10 heteroatoms. The molecule has 9 N–H and O–H groups in total. The van der Waals surface area contributed by atoms with Crippen molar-refractivity contribution in [1.29, 1.82) is 0 Å². The van der Waals surface area contributed by atoms with E-state index in [2.05, 4.69) is 0 Å². The fourth-order valence-electron chi connectivity index (χ4n) is 3.92. The van der Waals surface area contributed by atoms with Crippen LogP contribution in [-0.2, 0) is 12.5 Å². The van der Waals surface area contributed by atoms with Crippen molar-refractivity contribution in [1.82, 2.24) is 0 Å². The zero-order chi connectivity index (χ0) is 20.5. The van der Waals surface area contributed by atoms with E-state index in [4.69, 9.17) is 43.3 Å². The van der Waals surface area contributed by atoms with Gasteiger partial charge >= 0.3 is 0 Å². The second-order valence-electron chi connectivity index (χ2n) is 7.74. The second kappa shape index (κ2) is 9.23. The van der Waals surface area contributed by atoms with Crippen LogP contribution in [0.1, 0.15) is 30.9 Å². The summed E-state index contributed by atoms with van der Waals surface area (Å²) in [4.78, 5) is 0. The topological polar surface area (TPSA) is 152 Å². The molecule has 0 aromatic heterocycles. The van der Waals surface area contributed by atoms with Crippen LogP contribution in [0.5, 0.6) is 0 Å². The number of hydrogen-bond acceptors (Lipinski definition) is 8. The lowest BCUT2D eigenvalue weighted by atomic mass is 9.68. The molecule has 3 rings (SSSR count). The summed E-state index contributed by atoms with van der Waals surface area (Å²) < 4.78 is 17.4. The highest BCUT2D eigenvalue weighted by Gasteiger charge is 2.47. The highest BCUT2D eigenvalue weighted by Crippen LogP contribution is 2.36. The molecule has 1 aromatic rings. The number of ether oxygens (including phenoxy) is 2. The van der Waals surface area contributed by atoms with E-state index in [-0.39, 0.29) is 6.04 Å². The van der Waals surface area contributed by atoms with Crippen LogP contribution in [0.3, 0.4) is 0 Å². The third kappa shape index (κ3) is 4.55. The van der Waals surface area contributed by atoms with E-state index < -0.39 is 48.2 Å². The maximum absolute atomic E-state index is 10.6. The van der Waals surface area contributed by atoms with E-state index in [1.165, 1.54) is 0 Å². The lowest BCUT2D eigenvalue weighted by Gasteiger charge is -2.48. The van der Waals surface area contributed by atoms with E-state index in [9.17, 15) is 5.11 Å². The Labute approximate surface area is 180 Å². The molecule has 1 aliphatic heterocycles. The van der Waals surface area contributed by atoms with Gasteiger partial charge in [-0.15, -0.1) is 0 Å². The van der Waals surface area contributed by atoms with Crippen LogP contribution in [0.2, 0.25) is 0 Å². The van der Waals surface area contributed by atoms with E-state index in [0.29, 0.717) is 19.3 Å². The second-order valence-corrected chi connectivity index (χ2v) is 8.25. The van der Waals surface area contributed by atoms with Crippen molar-refractivity contribution < 1.29 is 17.6 Å². The van der Waals surface area contributed by atoms with Crippen LogP contribution in [0.15, 0.2) is 30.3 Å². The normalized spacial score (nSPS) is 42.9. The molecule has 2 radical (unpaired) electrons. The van der Waals surface area contributed by atoms with Gasteiger partial charge in [0, 0.05) is 17.6 Å². The Balaban J connectivity index is 1.74. The smallest absolute Gasteiger partial charge is 0.172 e. The summed E-state index contributed by atoms with van der Waals surface area (Å²) >= 11 is 1.72. The molecule has 28 heavy (non-hydrogen) atoms. The molecule has 0 bridgehead atoms. The van der Waals surface area contributed by atoms with Crippen molar-refractivity contribution in [3.8, 4) is 0 Å². The van der Waals surface area contributed by atoms with Gasteiger partial charge in [-0.25, -0.2) is 0 Å². The van der Waals surface area contributed by atoms with E-state index in [1.54, 1.807) is 23.0 Å². The van der Waals surface area contributed by atoms with Gasteiger partial charge in [-0.05, 0) is 24.8 Å². The molecular weight excluding hydrogens is 474 g/mol. The number of halogens is 1. The van der Waals surface area contributed by atoms with Crippen LogP contribution in [0, 0.1) is 0 Å². The molecular formula is C18H28BIN4O4. The first kappa shape index (κ1) is 22.4. The highest BCUT2D eigenvalue weighted by atomic mass is 127. The van der Waals surface area contributed by atoms with Crippen molar-refractivity contribution in [2.75, 3.05) is 0 Å². The van der Waals surface area contributed by atoms with Gasteiger partial charge in [-0.2, -0.15) is 0 Å². The molecule has 0 spiro atoms. The molecule has 1 aliphatic carbocycles. The average Bonchev–Trinajstić information content (AvgIpc) is 2.68. The van der Waals surface area contributed by atoms with Crippen molar-refractivity contribution in [2.45, 2.75) is 73.5 Å². The average molecular weight is 502 g/mol. The maximum atomic E-state index is 10.6. The number of aliphatic hydroxyl groups is 1. The maximum Gasteiger partial charge on any atom is 0.172 e. The summed E-state index contributed by atoms with van der Waals surface area (Å²) in [5.41, 5.74) is 24.5. The Kier molecular flexibility index (Phi) is 7.38. The summed E-state index contributed by atoms with van der Waals surface area (Å²) in [6.45, 7) is 0. The van der Waals surface area contributed by atoms with Crippen molar-refractivity contribution in [3.05, 3.63) is 35.9 Å². The standard InChI is InChI=1S/C18H28BIN4O4/c19-18(16(24)9-4-2-1-3-5-9)7-6-10(21)17(27-18)26-14-11(22)8-12(23)15(28-20)13(14)25/h1-5,10-17,25H,6-8,21-24H2/t10-,11?,12?,13?,14-,15+,16-,17+,18+/m1/s1. The molecule has 9 atom stereocenters. The molecule has 1 aromatic carbocycles. The van der Waals surface area contributed by atoms with Gasteiger partial charge in [-0.3, -0.25) is 0 Å². The third-order valence-corrected chi connectivity index (χ3v) is 6.28. The van der Waals surface area contributed by atoms with Crippen LogP contribution >= 0.6 is 23.0 Å². The van der Waals surface area contributed by atoms with E-state index in [0.717, 1.165) is 5.56 Å². The van der Waals surface area contributed by atoms with Gasteiger partial charge in [0.2, 0.25) is 0 Å². The SMILES string of the molecule is [B][C@@]1([C@H](N)c2ccccc2)CC[C@@H](N)[C@@H](O[C@@H]2C(N)CC(N)[C@H](OI)C2O)O1. The van der Waals surface area contributed by atoms with Gasteiger partial charge in [0.15, 0.2) is 6.29 Å². The molecule has 1 saturated carbocycles. The van der Waals surface area contributed by atoms with E-state index >= 15 is 0 Å². The van der Waals surface area contributed by atoms with Crippen LogP contribution in [0.4, 0.5) is 0 Å². The minimum absolute atomic E-state index is 0.386. The van der Waals surface area contributed by atoms with Crippen molar-refractivity contribution >= 4 is 30.9 Å². The van der Waals surface area contributed by atoms with Crippen molar-refractivity contribution in [2.24, 2.45) is 22.9 Å². The van der Waals surface area contributed by atoms with Crippen LogP contribution in [-0.4, -0.2) is 61.2 Å². The summed E-state index contributed by atoms with van der Waals surface area (Å²) in [6.07, 6.45) is -1.73. The number of benzene rings is 1. The Morgan fingerprint density at radius 2 is 1.79 bits per heavy atom. The summed E-state index contributed by atoms with van der Waals surface area (Å²) in [5, 5.41) is 10.6. The Bertz CT molecular complexity index is 647. The first-order chi connectivity index (χ1) is 13.3.